The summed E-state index contributed by atoms with van der Waals surface area (Å²) < 4.78 is 12.8. The minimum atomic E-state index is -0.198. The summed E-state index contributed by atoms with van der Waals surface area (Å²) in [4.78, 5) is 0. The molecule has 0 fully saturated rings. The number of nitrogens with two attached hydrogens (primary N) is 1. The molecule has 3 heteroatoms. The van der Waals surface area contributed by atoms with Crippen molar-refractivity contribution in [1.29, 1.82) is 0 Å². The second kappa shape index (κ2) is 5.74. The zero-order valence-corrected chi connectivity index (χ0v) is 11.3. The van der Waals surface area contributed by atoms with Crippen molar-refractivity contribution in [2.75, 3.05) is 11.1 Å². The Morgan fingerprint density at radius 1 is 1.16 bits per heavy atom. The molecule has 0 aliphatic rings. The second-order valence-corrected chi connectivity index (χ2v) is 4.95. The summed E-state index contributed by atoms with van der Waals surface area (Å²) in [5.74, 6) is -0.198. The third-order valence-electron chi connectivity index (χ3n) is 3.15. The van der Waals surface area contributed by atoms with Gasteiger partial charge in [0.15, 0.2) is 0 Å². The van der Waals surface area contributed by atoms with Crippen LogP contribution in [0.3, 0.4) is 0 Å². The molecule has 1 atom stereocenters. The third kappa shape index (κ3) is 3.71. The van der Waals surface area contributed by atoms with E-state index in [0.717, 1.165) is 28.9 Å². The van der Waals surface area contributed by atoms with Gasteiger partial charge in [0.05, 0.1) is 0 Å². The predicted molar refractivity (Wildman–Crippen MR) is 78.8 cm³/mol. The minimum absolute atomic E-state index is 0.198. The Labute approximate surface area is 113 Å². The fourth-order valence-electron chi connectivity index (χ4n) is 2.04. The third-order valence-corrected chi connectivity index (χ3v) is 3.15. The van der Waals surface area contributed by atoms with Crippen molar-refractivity contribution in [2.24, 2.45) is 0 Å². The van der Waals surface area contributed by atoms with Gasteiger partial charge in [0.2, 0.25) is 0 Å². The minimum Gasteiger partial charge on any atom is -0.398 e. The Bertz CT molecular complexity index is 549. The summed E-state index contributed by atoms with van der Waals surface area (Å²) in [6, 6.07) is 12.8. The van der Waals surface area contributed by atoms with Gasteiger partial charge in [-0.25, -0.2) is 4.39 Å². The normalized spacial score (nSPS) is 12.2. The lowest BCUT2D eigenvalue weighted by molar-refractivity contribution is 0.626. The van der Waals surface area contributed by atoms with Crippen LogP contribution in [0.5, 0.6) is 0 Å². The van der Waals surface area contributed by atoms with Crippen LogP contribution in [-0.4, -0.2) is 6.04 Å². The predicted octanol–water partition coefficient (Wildman–Crippen LogP) is 3.76. The first kappa shape index (κ1) is 13.4. The van der Waals surface area contributed by atoms with E-state index in [4.69, 9.17) is 5.73 Å². The van der Waals surface area contributed by atoms with E-state index in [-0.39, 0.29) is 11.9 Å². The first-order chi connectivity index (χ1) is 9.04. The van der Waals surface area contributed by atoms with Gasteiger partial charge in [0.1, 0.15) is 5.82 Å². The van der Waals surface area contributed by atoms with Gasteiger partial charge in [-0.2, -0.15) is 0 Å². The standard InChI is InChI=1S/C16H19FN2/c1-11-3-8-15(10-16(11)18)19-12(2)9-13-4-6-14(17)7-5-13/h3-8,10,12,19H,9,18H2,1-2H3. The van der Waals surface area contributed by atoms with E-state index in [1.807, 2.05) is 37.3 Å². The molecule has 19 heavy (non-hydrogen) atoms. The SMILES string of the molecule is Cc1ccc(NC(C)Cc2ccc(F)cc2)cc1N. The number of hydrogen-bond donors (Lipinski definition) is 2. The van der Waals surface area contributed by atoms with E-state index in [0.29, 0.717) is 0 Å². The van der Waals surface area contributed by atoms with Gasteiger partial charge in [0.25, 0.3) is 0 Å². The number of aryl methyl sites for hydroxylation is 1. The van der Waals surface area contributed by atoms with E-state index in [9.17, 15) is 4.39 Å². The quantitative estimate of drug-likeness (QED) is 0.819. The maximum Gasteiger partial charge on any atom is 0.123 e. The van der Waals surface area contributed by atoms with Gasteiger partial charge in [-0.1, -0.05) is 18.2 Å². The summed E-state index contributed by atoms with van der Waals surface area (Å²) in [5.41, 5.74) is 9.88. The van der Waals surface area contributed by atoms with Crippen molar-refractivity contribution < 1.29 is 4.39 Å². The first-order valence-corrected chi connectivity index (χ1v) is 6.41. The molecule has 0 heterocycles. The van der Waals surface area contributed by atoms with E-state index in [1.54, 1.807) is 0 Å². The Morgan fingerprint density at radius 3 is 2.47 bits per heavy atom. The molecule has 0 aliphatic heterocycles. The highest BCUT2D eigenvalue weighted by molar-refractivity contribution is 5.58. The van der Waals surface area contributed by atoms with Crippen LogP contribution in [0.25, 0.3) is 0 Å². The van der Waals surface area contributed by atoms with Gasteiger partial charge in [-0.15, -0.1) is 0 Å². The summed E-state index contributed by atoms with van der Waals surface area (Å²) in [7, 11) is 0. The van der Waals surface area contributed by atoms with Gasteiger partial charge in [-0.05, 0) is 55.7 Å². The Morgan fingerprint density at radius 2 is 1.84 bits per heavy atom. The molecular weight excluding hydrogens is 239 g/mol. The highest BCUT2D eigenvalue weighted by Crippen LogP contribution is 2.18. The molecule has 0 aromatic heterocycles. The maximum absolute atomic E-state index is 12.8. The number of halogens is 1. The molecule has 0 saturated carbocycles. The molecule has 0 radical (unpaired) electrons. The molecule has 0 saturated heterocycles. The van der Waals surface area contributed by atoms with Crippen LogP contribution in [0, 0.1) is 12.7 Å². The van der Waals surface area contributed by atoms with Crippen LogP contribution in [0.2, 0.25) is 0 Å². The molecule has 2 aromatic carbocycles. The van der Waals surface area contributed by atoms with Crippen LogP contribution in [0.4, 0.5) is 15.8 Å². The number of anilines is 2. The lowest BCUT2D eigenvalue weighted by Gasteiger charge is -2.16. The van der Waals surface area contributed by atoms with Crippen molar-refractivity contribution in [2.45, 2.75) is 26.3 Å². The Balaban J connectivity index is 1.98. The number of nitrogens with one attached hydrogen (secondary N) is 1. The Hall–Kier alpha value is -2.03. The van der Waals surface area contributed by atoms with Gasteiger partial charge in [0, 0.05) is 17.4 Å². The number of nitrogen functional groups attached to an aromatic ring is 1. The smallest absolute Gasteiger partial charge is 0.123 e. The molecule has 1 unspecified atom stereocenters. The van der Waals surface area contributed by atoms with Gasteiger partial charge < -0.3 is 11.1 Å². The van der Waals surface area contributed by atoms with Crippen LogP contribution >= 0.6 is 0 Å². The van der Waals surface area contributed by atoms with Crippen molar-refractivity contribution in [1.82, 2.24) is 0 Å². The van der Waals surface area contributed by atoms with E-state index in [2.05, 4.69) is 12.2 Å². The highest BCUT2D eigenvalue weighted by atomic mass is 19.1. The van der Waals surface area contributed by atoms with Crippen molar-refractivity contribution in [3.05, 3.63) is 59.4 Å². The van der Waals surface area contributed by atoms with Gasteiger partial charge >= 0.3 is 0 Å². The highest BCUT2D eigenvalue weighted by Gasteiger charge is 2.05. The maximum atomic E-state index is 12.8. The fraction of sp³-hybridized carbons (Fsp3) is 0.250. The second-order valence-electron chi connectivity index (χ2n) is 4.95. The summed E-state index contributed by atoms with van der Waals surface area (Å²) in [6.07, 6.45) is 0.841. The molecule has 0 amide bonds. The van der Waals surface area contributed by atoms with Crippen molar-refractivity contribution >= 4 is 11.4 Å². The molecule has 2 nitrogen and oxygen atoms in total. The lowest BCUT2D eigenvalue weighted by Crippen LogP contribution is -2.18. The van der Waals surface area contributed by atoms with Crippen LogP contribution in [0.15, 0.2) is 42.5 Å². The molecule has 0 bridgehead atoms. The average molecular weight is 258 g/mol. The van der Waals surface area contributed by atoms with Crippen molar-refractivity contribution in [3.63, 3.8) is 0 Å². The summed E-state index contributed by atoms with van der Waals surface area (Å²) >= 11 is 0. The molecular formula is C16H19FN2. The lowest BCUT2D eigenvalue weighted by atomic mass is 10.1. The monoisotopic (exact) mass is 258 g/mol. The van der Waals surface area contributed by atoms with E-state index in [1.165, 1.54) is 12.1 Å². The topological polar surface area (TPSA) is 38.0 Å². The molecule has 2 aromatic rings. The van der Waals surface area contributed by atoms with Crippen LogP contribution in [0.1, 0.15) is 18.1 Å². The number of rotatable bonds is 4. The molecule has 100 valence electrons. The van der Waals surface area contributed by atoms with Crippen LogP contribution < -0.4 is 11.1 Å². The van der Waals surface area contributed by atoms with Gasteiger partial charge in [-0.3, -0.25) is 0 Å². The number of benzene rings is 2. The molecule has 3 N–H and O–H groups in total. The molecule has 0 aliphatic carbocycles. The molecule has 2 rings (SSSR count). The fourth-order valence-corrected chi connectivity index (χ4v) is 2.04. The summed E-state index contributed by atoms with van der Waals surface area (Å²) in [6.45, 7) is 4.08. The zero-order valence-electron chi connectivity index (χ0n) is 11.3. The van der Waals surface area contributed by atoms with E-state index >= 15 is 0 Å². The van der Waals surface area contributed by atoms with Crippen LogP contribution in [-0.2, 0) is 6.42 Å². The van der Waals surface area contributed by atoms with Crippen molar-refractivity contribution in [3.8, 4) is 0 Å². The zero-order chi connectivity index (χ0) is 13.8. The number of hydrogen-bond acceptors (Lipinski definition) is 2. The average Bonchev–Trinajstić information content (AvgIpc) is 2.37. The largest absolute Gasteiger partial charge is 0.398 e. The molecule has 0 spiro atoms. The Kier molecular flexibility index (Phi) is 4.05. The first-order valence-electron chi connectivity index (χ1n) is 6.41. The summed E-state index contributed by atoms with van der Waals surface area (Å²) in [5, 5.41) is 3.40. The van der Waals surface area contributed by atoms with E-state index < -0.39 is 0 Å².